The summed E-state index contributed by atoms with van der Waals surface area (Å²) in [5.74, 6) is -0.661. The smallest absolute Gasteiger partial charge is 0.303 e. The van der Waals surface area contributed by atoms with Crippen LogP contribution >= 0.6 is 0 Å². The highest BCUT2D eigenvalue weighted by atomic mass is 16.6. The van der Waals surface area contributed by atoms with Crippen molar-refractivity contribution in [3.8, 4) is 0 Å². The van der Waals surface area contributed by atoms with E-state index in [9.17, 15) is 4.79 Å². The Morgan fingerprint density at radius 3 is 1.96 bits per heavy atom. The number of ether oxygens (including phenoxy) is 1. The van der Waals surface area contributed by atoms with Crippen LogP contribution in [-0.4, -0.2) is 23.3 Å². The van der Waals surface area contributed by atoms with Gasteiger partial charge in [-0.2, -0.15) is 0 Å². The van der Waals surface area contributed by atoms with E-state index in [0.29, 0.717) is 18.6 Å². The van der Waals surface area contributed by atoms with E-state index in [2.05, 4.69) is 19.1 Å². The van der Waals surface area contributed by atoms with Gasteiger partial charge in [0.1, 0.15) is 0 Å². The van der Waals surface area contributed by atoms with Crippen molar-refractivity contribution in [3.05, 3.63) is 12.2 Å². The molecule has 1 fully saturated rings. The van der Waals surface area contributed by atoms with Crippen molar-refractivity contribution in [1.29, 1.82) is 0 Å². The highest BCUT2D eigenvalue weighted by Gasteiger charge is 2.35. The van der Waals surface area contributed by atoms with Gasteiger partial charge in [-0.15, -0.1) is 0 Å². The lowest BCUT2D eigenvalue weighted by Crippen LogP contribution is -1.93. The maximum atomic E-state index is 10.4. The largest absolute Gasteiger partial charge is 0.481 e. The Bertz CT molecular complexity index is 325. The number of carbonyl (C=O) groups is 1. The standard InChI is InChI=1S/C20H36O3/c1-2-18-19(23-18)16-14-12-10-8-6-4-3-5-7-9-11-13-15-17-20(21)22/h12,14,18-19H,2-11,13,15-17H2,1H3,(H,21,22)/b14-12-/t18-,19+/m1/s1. The third kappa shape index (κ3) is 12.3. The van der Waals surface area contributed by atoms with Crippen LogP contribution in [0.4, 0.5) is 0 Å². The molecular weight excluding hydrogens is 288 g/mol. The predicted molar refractivity (Wildman–Crippen MR) is 95.7 cm³/mol. The summed E-state index contributed by atoms with van der Waals surface area (Å²) in [6.07, 6.45) is 21.9. The molecule has 0 aliphatic carbocycles. The molecule has 0 unspecified atom stereocenters. The Hall–Kier alpha value is -0.830. The molecule has 0 aromatic carbocycles. The van der Waals surface area contributed by atoms with Gasteiger partial charge in [-0.1, -0.05) is 70.4 Å². The van der Waals surface area contributed by atoms with Crippen molar-refractivity contribution in [3.63, 3.8) is 0 Å². The Kier molecular flexibility index (Phi) is 11.9. The number of carboxylic acid groups (broad SMARTS) is 1. The molecule has 1 N–H and O–H groups in total. The molecule has 3 heteroatoms. The zero-order chi connectivity index (χ0) is 16.8. The molecule has 1 saturated heterocycles. The number of hydrogen-bond donors (Lipinski definition) is 1. The minimum absolute atomic E-state index is 0.335. The van der Waals surface area contributed by atoms with Gasteiger partial charge < -0.3 is 9.84 Å². The molecule has 0 spiro atoms. The zero-order valence-corrected chi connectivity index (χ0v) is 15.0. The van der Waals surface area contributed by atoms with Crippen LogP contribution in [0.15, 0.2) is 12.2 Å². The Morgan fingerprint density at radius 2 is 1.43 bits per heavy atom. The second-order valence-electron chi connectivity index (χ2n) is 6.80. The summed E-state index contributed by atoms with van der Waals surface area (Å²) in [7, 11) is 0. The van der Waals surface area contributed by atoms with Gasteiger partial charge >= 0.3 is 5.97 Å². The summed E-state index contributed by atoms with van der Waals surface area (Å²) in [6.45, 7) is 2.19. The highest BCUT2D eigenvalue weighted by molar-refractivity contribution is 5.66. The molecule has 1 aliphatic rings. The molecule has 1 aliphatic heterocycles. The number of rotatable bonds is 16. The quantitative estimate of drug-likeness (QED) is 0.219. The number of carboxylic acids is 1. The fourth-order valence-corrected chi connectivity index (χ4v) is 3.05. The fraction of sp³-hybridized carbons (Fsp3) is 0.850. The molecule has 3 nitrogen and oxygen atoms in total. The average molecular weight is 325 g/mol. The molecule has 1 rings (SSSR count). The maximum Gasteiger partial charge on any atom is 0.303 e. The van der Waals surface area contributed by atoms with Gasteiger partial charge in [0.25, 0.3) is 0 Å². The minimum atomic E-state index is -0.661. The maximum absolute atomic E-state index is 10.4. The van der Waals surface area contributed by atoms with Gasteiger partial charge in [-0.25, -0.2) is 0 Å². The lowest BCUT2D eigenvalue weighted by molar-refractivity contribution is -0.137. The summed E-state index contributed by atoms with van der Waals surface area (Å²) in [5.41, 5.74) is 0. The molecule has 0 aromatic rings. The van der Waals surface area contributed by atoms with E-state index in [4.69, 9.17) is 9.84 Å². The van der Waals surface area contributed by atoms with Crippen molar-refractivity contribution >= 4 is 5.97 Å². The molecular formula is C20H36O3. The monoisotopic (exact) mass is 324 g/mol. The summed E-state index contributed by atoms with van der Waals surface area (Å²) >= 11 is 0. The van der Waals surface area contributed by atoms with Crippen molar-refractivity contribution in [1.82, 2.24) is 0 Å². The lowest BCUT2D eigenvalue weighted by atomic mass is 10.0. The van der Waals surface area contributed by atoms with Crippen LogP contribution in [0.25, 0.3) is 0 Å². The normalized spacial score (nSPS) is 20.2. The molecule has 0 radical (unpaired) electrons. The first-order chi connectivity index (χ1) is 11.2. The molecule has 0 aromatic heterocycles. The SMILES string of the molecule is CC[C@H]1O[C@H]1C/C=C\CCCCCCCCCCCCC(=O)O. The van der Waals surface area contributed by atoms with Crippen LogP contribution < -0.4 is 0 Å². The topological polar surface area (TPSA) is 49.8 Å². The highest BCUT2D eigenvalue weighted by Crippen LogP contribution is 2.28. The predicted octanol–water partition coefficient (Wildman–Crippen LogP) is 5.88. The van der Waals surface area contributed by atoms with E-state index >= 15 is 0 Å². The molecule has 0 amide bonds. The van der Waals surface area contributed by atoms with E-state index in [0.717, 1.165) is 25.7 Å². The third-order valence-electron chi connectivity index (χ3n) is 4.64. The molecule has 0 bridgehead atoms. The zero-order valence-electron chi connectivity index (χ0n) is 15.0. The van der Waals surface area contributed by atoms with Crippen LogP contribution in [0.2, 0.25) is 0 Å². The van der Waals surface area contributed by atoms with Crippen molar-refractivity contribution < 1.29 is 14.6 Å². The summed E-state index contributed by atoms with van der Waals surface area (Å²) in [4.78, 5) is 10.4. The molecule has 23 heavy (non-hydrogen) atoms. The van der Waals surface area contributed by atoms with E-state index in [1.54, 1.807) is 0 Å². The van der Waals surface area contributed by atoms with Gasteiger partial charge in [0.05, 0.1) is 12.2 Å². The van der Waals surface area contributed by atoms with Crippen LogP contribution in [0, 0.1) is 0 Å². The van der Waals surface area contributed by atoms with E-state index in [1.165, 1.54) is 57.8 Å². The first kappa shape index (κ1) is 20.2. The molecule has 134 valence electrons. The van der Waals surface area contributed by atoms with E-state index in [1.807, 2.05) is 0 Å². The van der Waals surface area contributed by atoms with E-state index in [-0.39, 0.29) is 0 Å². The molecule has 1 heterocycles. The van der Waals surface area contributed by atoms with Crippen LogP contribution in [0.1, 0.15) is 96.8 Å². The fourth-order valence-electron chi connectivity index (χ4n) is 3.05. The summed E-state index contributed by atoms with van der Waals surface area (Å²) in [6, 6.07) is 0. The number of allylic oxidation sites excluding steroid dienone is 1. The van der Waals surface area contributed by atoms with Crippen LogP contribution in [-0.2, 0) is 9.53 Å². The van der Waals surface area contributed by atoms with Gasteiger partial charge in [-0.05, 0) is 32.1 Å². The minimum Gasteiger partial charge on any atom is -0.481 e. The number of aliphatic carboxylic acids is 1. The average Bonchev–Trinajstić information content (AvgIpc) is 3.29. The van der Waals surface area contributed by atoms with Crippen molar-refractivity contribution in [2.24, 2.45) is 0 Å². The van der Waals surface area contributed by atoms with E-state index < -0.39 is 5.97 Å². The molecule has 0 saturated carbocycles. The van der Waals surface area contributed by atoms with Crippen LogP contribution in [0.3, 0.4) is 0 Å². The first-order valence-corrected chi connectivity index (χ1v) is 9.76. The second-order valence-corrected chi connectivity index (χ2v) is 6.80. The summed E-state index contributed by atoms with van der Waals surface area (Å²) in [5, 5.41) is 8.54. The summed E-state index contributed by atoms with van der Waals surface area (Å²) < 4.78 is 5.51. The van der Waals surface area contributed by atoms with Gasteiger partial charge in [0.15, 0.2) is 0 Å². The van der Waals surface area contributed by atoms with Gasteiger partial charge in [-0.3, -0.25) is 4.79 Å². The molecule has 2 atom stereocenters. The Balaban J connectivity index is 1.70. The van der Waals surface area contributed by atoms with Crippen molar-refractivity contribution in [2.45, 2.75) is 109 Å². The Labute approximate surface area is 142 Å². The third-order valence-corrected chi connectivity index (χ3v) is 4.64. The second kappa shape index (κ2) is 13.6. The number of epoxide rings is 1. The number of unbranched alkanes of at least 4 members (excludes halogenated alkanes) is 10. The number of hydrogen-bond acceptors (Lipinski definition) is 2. The first-order valence-electron chi connectivity index (χ1n) is 9.76. The Morgan fingerprint density at radius 1 is 0.870 bits per heavy atom. The van der Waals surface area contributed by atoms with Crippen molar-refractivity contribution in [2.75, 3.05) is 0 Å². The van der Waals surface area contributed by atoms with Gasteiger partial charge in [0.2, 0.25) is 0 Å². The van der Waals surface area contributed by atoms with Crippen LogP contribution in [0.5, 0.6) is 0 Å². The van der Waals surface area contributed by atoms with Gasteiger partial charge in [0, 0.05) is 6.42 Å². The lowest BCUT2D eigenvalue weighted by Gasteiger charge is -2.01.